The standard InChI is InChI=1S/C17H19NO4/c1-11-3-4-13-12(9-22-14(13)7-11)8-15(19)18-6-5-17(2,10-18)16(20)21/h3-4,7,9H,5-6,8,10H2,1-2H3,(H,20,21)/t17-/m0/s1. The predicted molar refractivity (Wildman–Crippen MR) is 81.6 cm³/mol. The van der Waals surface area contributed by atoms with Gasteiger partial charge in [0.1, 0.15) is 5.58 Å². The zero-order valence-corrected chi connectivity index (χ0v) is 12.8. The first-order valence-corrected chi connectivity index (χ1v) is 7.37. The van der Waals surface area contributed by atoms with Gasteiger partial charge in [0, 0.05) is 24.0 Å². The quantitative estimate of drug-likeness (QED) is 0.946. The molecule has 1 saturated heterocycles. The molecule has 1 fully saturated rings. The highest BCUT2D eigenvalue weighted by Crippen LogP contribution is 2.31. The number of hydrogen-bond donors (Lipinski definition) is 1. The first-order chi connectivity index (χ1) is 10.4. The Morgan fingerprint density at radius 1 is 1.41 bits per heavy atom. The molecule has 0 bridgehead atoms. The summed E-state index contributed by atoms with van der Waals surface area (Å²) in [7, 11) is 0. The minimum Gasteiger partial charge on any atom is -0.481 e. The van der Waals surface area contributed by atoms with Crippen molar-refractivity contribution in [2.75, 3.05) is 13.1 Å². The summed E-state index contributed by atoms with van der Waals surface area (Å²) < 4.78 is 5.51. The normalized spacial score (nSPS) is 21.5. The van der Waals surface area contributed by atoms with Crippen molar-refractivity contribution < 1.29 is 19.1 Å². The number of aryl methyl sites for hydroxylation is 1. The van der Waals surface area contributed by atoms with Gasteiger partial charge < -0.3 is 14.4 Å². The Morgan fingerprint density at radius 2 is 2.18 bits per heavy atom. The fourth-order valence-electron chi connectivity index (χ4n) is 2.95. The molecule has 1 aliphatic heterocycles. The third kappa shape index (κ3) is 2.47. The van der Waals surface area contributed by atoms with Gasteiger partial charge in [-0.1, -0.05) is 12.1 Å². The van der Waals surface area contributed by atoms with Gasteiger partial charge in [-0.2, -0.15) is 0 Å². The number of fused-ring (bicyclic) bond motifs is 1. The summed E-state index contributed by atoms with van der Waals surface area (Å²) >= 11 is 0. The summed E-state index contributed by atoms with van der Waals surface area (Å²) in [5.74, 6) is -0.889. The van der Waals surface area contributed by atoms with Gasteiger partial charge in [-0.15, -0.1) is 0 Å². The molecule has 0 unspecified atom stereocenters. The van der Waals surface area contributed by atoms with Crippen molar-refractivity contribution in [3.8, 4) is 0 Å². The topological polar surface area (TPSA) is 70.8 Å². The fraction of sp³-hybridized carbons (Fsp3) is 0.412. The van der Waals surface area contributed by atoms with E-state index in [1.807, 2.05) is 25.1 Å². The van der Waals surface area contributed by atoms with E-state index in [2.05, 4.69) is 0 Å². The smallest absolute Gasteiger partial charge is 0.311 e. The third-order valence-electron chi connectivity index (χ3n) is 4.50. The van der Waals surface area contributed by atoms with Gasteiger partial charge in [0.05, 0.1) is 18.1 Å². The molecule has 1 amide bonds. The summed E-state index contributed by atoms with van der Waals surface area (Å²) in [4.78, 5) is 25.3. The maximum atomic E-state index is 12.4. The van der Waals surface area contributed by atoms with Gasteiger partial charge in [-0.25, -0.2) is 0 Å². The monoisotopic (exact) mass is 301 g/mol. The molecule has 1 aromatic carbocycles. The molecule has 1 atom stereocenters. The Hall–Kier alpha value is -2.30. The minimum absolute atomic E-state index is 0.0479. The number of carboxylic acids is 1. The molecule has 1 N–H and O–H groups in total. The van der Waals surface area contributed by atoms with Crippen molar-refractivity contribution >= 4 is 22.8 Å². The van der Waals surface area contributed by atoms with E-state index in [9.17, 15) is 14.7 Å². The molecule has 116 valence electrons. The number of likely N-dealkylation sites (tertiary alicyclic amines) is 1. The average molecular weight is 301 g/mol. The molecule has 2 heterocycles. The van der Waals surface area contributed by atoms with E-state index in [1.165, 1.54) is 0 Å². The zero-order valence-electron chi connectivity index (χ0n) is 12.8. The van der Waals surface area contributed by atoms with Gasteiger partial charge in [0.2, 0.25) is 5.91 Å². The summed E-state index contributed by atoms with van der Waals surface area (Å²) in [6.45, 7) is 4.45. The summed E-state index contributed by atoms with van der Waals surface area (Å²) in [6, 6.07) is 5.89. The van der Waals surface area contributed by atoms with Crippen LogP contribution in [0.4, 0.5) is 0 Å². The van der Waals surface area contributed by atoms with Gasteiger partial charge in [-0.3, -0.25) is 9.59 Å². The van der Waals surface area contributed by atoms with Gasteiger partial charge in [-0.05, 0) is 31.9 Å². The number of amides is 1. The third-order valence-corrected chi connectivity index (χ3v) is 4.50. The second kappa shape index (κ2) is 5.16. The molecule has 3 rings (SSSR count). The summed E-state index contributed by atoms with van der Waals surface area (Å²) in [5.41, 5.74) is 1.91. The van der Waals surface area contributed by atoms with Crippen LogP contribution in [0.1, 0.15) is 24.5 Å². The molecule has 2 aromatic rings. The zero-order chi connectivity index (χ0) is 15.9. The Morgan fingerprint density at radius 3 is 2.86 bits per heavy atom. The first-order valence-electron chi connectivity index (χ1n) is 7.37. The van der Waals surface area contributed by atoms with E-state index < -0.39 is 11.4 Å². The highest BCUT2D eigenvalue weighted by Gasteiger charge is 2.42. The van der Waals surface area contributed by atoms with Crippen LogP contribution < -0.4 is 0 Å². The number of rotatable bonds is 3. The number of carbonyl (C=O) groups is 2. The van der Waals surface area contributed by atoms with E-state index in [0.717, 1.165) is 22.1 Å². The van der Waals surface area contributed by atoms with Crippen LogP contribution >= 0.6 is 0 Å². The van der Waals surface area contributed by atoms with E-state index in [-0.39, 0.29) is 18.9 Å². The Bertz CT molecular complexity index is 748. The number of furan rings is 1. The van der Waals surface area contributed by atoms with Crippen LogP contribution in [0.15, 0.2) is 28.9 Å². The van der Waals surface area contributed by atoms with E-state index >= 15 is 0 Å². The van der Waals surface area contributed by atoms with Crippen molar-refractivity contribution in [1.29, 1.82) is 0 Å². The van der Waals surface area contributed by atoms with Crippen molar-refractivity contribution in [3.05, 3.63) is 35.6 Å². The number of aliphatic carboxylic acids is 1. The van der Waals surface area contributed by atoms with Crippen molar-refractivity contribution in [3.63, 3.8) is 0 Å². The number of nitrogens with zero attached hydrogens (tertiary/aromatic N) is 1. The maximum absolute atomic E-state index is 12.4. The molecule has 5 heteroatoms. The second-order valence-electron chi connectivity index (χ2n) is 6.37. The molecule has 22 heavy (non-hydrogen) atoms. The molecule has 1 aliphatic rings. The van der Waals surface area contributed by atoms with Crippen LogP contribution in [0.3, 0.4) is 0 Å². The van der Waals surface area contributed by atoms with Gasteiger partial charge >= 0.3 is 5.97 Å². The molecule has 0 aliphatic carbocycles. The highest BCUT2D eigenvalue weighted by molar-refractivity contribution is 5.88. The average Bonchev–Trinajstić information content (AvgIpc) is 3.04. The Balaban J connectivity index is 1.76. The van der Waals surface area contributed by atoms with E-state index in [0.29, 0.717) is 13.0 Å². The first kappa shape index (κ1) is 14.6. The lowest BCUT2D eigenvalue weighted by atomic mass is 9.90. The molecule has 5 nitrogen and oxygen atoms in total. The van der Waals surface area contributed by atoms with Crippen LogP contribution in [-0.2, 0) is 16.0 Å². The van der Waals surface area contributed by atoms with Crippen LogP contribution in [-0.4, -0.2) is 35.0 Å². The molecule has 0 radical (unpaired) electrons. The second-order valence-corrected chi connectivity index (χ2v) is 6.37. The maximum Gasteiger partial charge on any atom is 0.311 e. The Kier molecular flexibility index (Phi) is 3.43. The van der Waals surface area contributed by atoms with Crippen molar-refractivity contribution in [2.45, 2.75) is 26.7 Å². The lowest BCUT2D eigenvalue weighted by Crippen LogP contribution is -2.35. The Labute approximate surface area is 128 Å². The van der Waals surface area contributed by atoms with Crippen molar-refractivity contribution in [2.24, 2.45) is 5.41 Å². The number of carboxylic acid groups (broad SMARTS) is 1. The summed E-state index contributed by atoms with van der Waals surface area (Å²) in [5, 5.41) is 10.2. The highest BCUT2D eigenvalue weighted by atomic mass is 16.4. The molecular weight excluding hydrogens is 282 g/mol. The fourth-order valence-corrected chi connectivity index (χ4v) is 2.95. The molecule has 0 saturated carbocycles. The van der Waals surface area contributed by atoms with E-state index in [4.69, 9.17) is 4.42 Å². The lowest BCUT2D eigenvalue weighted by Gasteiger charge is -2.20. The largest absolute Gasteiger partial charge is 0.481 e. The van der Waals surface area contributed by atoms with Crippen molar-refractivity contribution in [1.82, 2.24) is 4.90 Å². The number of hydrogen-bond acceptors (Lipinski definition) is 3. The van der Waals surface area contributed by atoms with Gasteiger partial charge in [0.25, 0.3) is 0 Å². The predicted octanol–water partition coefficient (Wildman–Crippen LogP) is 2.61. The number of carbonyl (C=O) groups excluding carboxylic acids is 1. The van der Waals surface area contributed by atoms with E-state index in [1.54, 1.807) is 18.1 Å². The molecule has 0 spiro atoms. The van der Waals surface area contributed by atoms with Crippen LogP contribution in [0.2, 0.25) is 0 Å². The van der Waals surface area contributed by atoms with Crippen LogP contribution in [0, 0.1) is 12.3 Å². The molecule has 1 aromatic heterocycles. The molecular formula is C17H19NO4. The van der Waals surface area contributed by atoms with Crippen LogP contribution in [0.5, 0.6) is 0 Å². The summed E-state index contributed by atoms with van der Waals surface area (Å²) in [6.07, 6.45) is 2.36. The van der Waals surface area contributed by atoms with Crippen LogP contribution in [0.25, 0.3) is 11.0 Å². The lowest BCUT2D eigenvalue weighted by molar-refractivity contribution is -0.147. The SMILES string of the molecule is Cc1ccc2c(CC(=O)N3CC[C@](C)(C(=O)O)C3)coc2c1. The van der Waals surface area contributed by atoms with Gasteiger partial charge in [0.15, 0.2) is 0 Å². The minimum atomic E-state index is -0.841. The number of benzene rings is 1.